The average Bonchev–Trinajstić information content (AvgIpc) is 3.16. The van der Waals surface area contributed by atoms with Gasteiger partial charge in [0.05, 0.1) is 22.6 Å². The number of esters is 1. The number of benzene rings is 3. The van der Waals surface area contributed by atoms with Gasteiger partial charge in [0.2, 0.25) is 5.78 Å². The predicted octanol–water partition coefficient (Wildman–Crippen LogP) is 4.96. The first-order valence-corrected chi connectivity index (χ1v) is 10.2. The minimum absolute atomic E-state index is 0.0194. The zero-order valence-electron chi connectivity index (χ0n) is 15.5. The Labute approximate surface area is 185 Å². The van der Waals surface area contributed by atoms with E-state index in [1.165, 1.54) is 0 Å². The summed E-state index contributed by atoms with van der Waals surface area (Å²) in [6.07, 6.45) is -1.11. The SMILES string of the molecule is O=C(O[C@@H](Cn1nnc2ccccc21)C(=O)c1ccc(Br)cc1)c1ccccc1Cl. The van der Waals surface area contributed by atoms with E-state index >= 15 is 0 Å². The van der Waals surface area contributed by atoms with Gasteiger partial charge in [-0.25, -0.2) is 9.48 Å². The van der Waals surface area contributed by atoms with Crippen molar-refractivity contribution in [2.24, 2.45) is 0 Å². The number of hydrogen-bond donors (Lipinski definition) is 0. The van der Waals surface area contributed by atoms with Crippen molar-refractivity contribution in [1.29, 1.82) is 0 Å². The maximum Gasteiger partial charge on any atom is 0.340 e. The first-order valence-electron chi connectivity index (χ1n) is 9.06. The number of nitrogens with zero attached hydrogens (tertiary/aromatic N) is 3. The molecule has 0 bridgehead atoms. The van der Waals surface area contributed by atoms with Crippen LogP contribution in [0.2, 0.25) is 5.02 Å². The number of aromatic nitrogens is 3. The molecule has 0 N–H and O–H groups in total. The van der Waals surface area contributed by atoms with Crippen molar-refractivity contribution in [3.63, 3.8) is 0 Å². The number of fused-ring (bicyclic) bond motifs is 1. The van der Waals surface area contributed by atoms with E-state index in [2.05, 4.69) is 26.2 Å². The van der Waals surface area contributed by atoms with Crippen molar-refractivity contribution in [2.45, 2.75) is 12.6 Å². The Morgan fingerprint density at radius 1 is 1.00 bits per heavy atom. The highest BCUT2D eigenvalue weighted by Crippen LogP contribution is 2.20. The molecule has 0 saturated carbocycles. The van der Waals surface area contributed by atoms with E-state index in [1.807, 2.05) is 24.3 Å². The van der Waals surface area contributed by atoms with Crippen LogP contribution in [-0.2, 0) is 11.3 Å². The molecule has 0 amide bonds. The fourth-order valence-electron chi connectivity index (χ4n) is 3.00. The molecule has 1 aromatic heterocycles. The van der Waals surface area contributed by atoms with Crippen molar-refractivity contribution in [1.82, 2.24) is 15.0 Å². The Kier molecular flexibility index (Phi) is 5.92. The van der Waals surface area contributed by atoms with E-state index in [1.54, 1.807) is 53.2 Å². The van der Waals surface area contributed by atoms with Crippen molar-refractivity contribution in [2.75, 3.05) is 0 Å². The van der Waals surface area contributed by atoms with Gasteiger partial charge in [-0.3, -0.25) is 4.79 Å². The summed E-state index contributed by atoms with van der Waals surface area (Å²) >= 11 is 9.47. The summed E-state index contributed by atoms with van der Waals surface area (Å²) < 4.78 is 8.00. The summed E-state index contributed by atoms with van der Waals surface area (Å²) in [6, 6.07) is 20.7. The van der Waals surface area contributed by atoms with E-state index in [4.69, 9.17) is 16.3 Å². The molecule has 0 aliphatic heterocycles. The van der Waals surface area contributed by atoms with Gasteiger partial charge in [-0.15, -0.1) is 5.10 Å². The molecule has 0 aliphatic rings. The molecule has 30 heavy (non-hydrogen) atoms. The van der Waals surface area contributed by atoms with Gasteiger partial charge >= 0.3 is 5.97 Å². The molecule has 1 heterocycles. The second kappa shape index (κ2) is 8.77. The lowest BCUT2D eigenvalue weighted by Gasteiger charge is -2.18. The lowest BCUT2D eigenvalue weighted by molar-refractivity contribution is 0.0245. The molecule has 1 atom stereocenters. The first kappa shape index (κ1) is 20.3. The normalized spacial score (nSPS) is 11.9. The number of ether oxygens (including phenoxy) is 1. The third-order valence-electron chi connectivity index (χ3n) is 4.52. The number of Topliss-reactive ketones (excluding diaryl/α,β-unsaturated/α-hetero) is 1. The number of carbonyl (C=O) groups excluding carboxylic acids is 2. The molecule has 8 heteroatoms. The zero-order chi connectivity index (χ0) is 21.1. The highest BCUT2D eigenvalue weighted by Gasteiger charge is 2.27. The summed E-state index contributed by atoms with van der Waals surface area (Å²) in [5.74, 6) is -1.03. The first-order chi connectivity index (χ1) is 14.5. The molecular weight excluding hydrogens is 470 g/mol. The number of ketones is 1. The fraction of sp³-hybridized carbons (Fsp3) is 0.0909. The molecular formula is C22H15BrClN3O3. The maximum atomic E-state index is 13.2. The van der Waals surface area contributed by atoms with Crippen LogP contribution in [0.4, 0.5) is 0 Å². The Balaban J connectivity index is 1.67. The largest absolute Gasteiger partial charge is 0.448 e. The van der Waals surface area contributed by atoms with Crippen molar-refractivity contribution in [3.8, 4) is 0 Å². The van der Waals surface area contributed by atoms with Gasteiger partial charge in [-0.2, -0.15) is 0 Å². The summed E-state index contributed by atoms with van der Waals surface area (Å²) in [4.78, 5) is 25.9. The van der Waals surface area contributed by atoms with Crippen molar-refractivity contribution >= 4 is 50.3 Å². The van der Waals surface area contributed by atoms with E-state index in [0.717, 1.165) is 9.99 Å². The minimum atomic E-state index is -1.11. The quantitative estimate of drug-likeness (QED) is 0.286. The Morgan fingerprint density at radius 2 is 1.70 bits per heavy atom. The van der Waals surface area contributed by atoms with Crippen LogP contribution in [-0.4, -0.2) is 32.9 Å². The molecule has 3 aromatic carbocycles. The van der Waals surface area contributed by atoms with Crippen LogP contribution in [0.15, 0.2) is 77.3 Å². The van der Waals surface area contributed by atoms with Crippen LogP contribution >= 0.6 is 27.5 Å². The van der Waals surface area contributed by atoms with Crippen LogP contribution < -0.4 is 0 Å². The molecule has 150 valence electrons. The maximum absolute atomic E-state index is 13.2. The van der Waals surface area contributed by atoms with Gasteiger partial charge in [0.15, 0.2) is 6.10 Å². The van der Waals surface area contributed by atoms with E-state index in [-0.39, 0.29) is 22.9 Å². The molecule has 6 nitrogen and oxygen atoms in total. The zero-order valence-corrected chi connectivity index (χ0v) is 17.9. The Morgan fingerprint density at radius 3 is 2.47 bits per heavy atom. The standard InChI is InChI=1S/C22H15BrClN3O3/c23-15-11-9-14(10-12-15)21(28)20(30-22(29)16-5-1-2-6-17(16)24)13-27-19-8-4-3-7-18(19)25-26-27/h1-12,20H,13H2/t20-/m0/s1. The lowest BCUT2D eigenvalue weighted by Crippen LogP contribution is -2.32. The van der Waals surface area contributed by atoms with E-state index in [0.29, 0.717) is 11.1 Å². The molecule has 0 saturated heterocycles. The average molecular weight is 485 g/mol. The molecule has 0 aliphatic carbocycles. The van der Waals surface area contributed by atoms with Crippen LogP contribution in [0.3, 0.4) is 0 Å². The molecule has 4 rings (SSSR count). The van der Waals surface area contributed by atoms with Crippen molar-refractivity contribution < 1.29 is 14.3 Å². The van der Waals surface area contributed by atoms with Gasteiger partial charge in [0, 0.05) is 10.0 Å². The summed E-state index contributed by atoms with van der Waals surface area (Å²) in [7, 11) is 0. The Hall–Kier alpha value is -3.03. The molecule has 0 fully saturated rings. The number of halogens is 2. The van der Waals surface area contributed by atoms with Gasteiger partial charge in [-0.05, 0) is 36.4 Å². The third-order valence-corrected chi connectivity index (χ3v) is 5.38. The smallest absolute Gasteiger partial charge is 0.340 e. The van der Waals surface area contributed by atoms with Gasteiger partial charge < -0.3 is 4.74 Å². The van der Waals surface area contributed by atoms with Gasteiger partial charge in [-0.1, -0.05) is 69.1 Å². The number of para-hydroxylation sites is 1. The van der Waals surface area contributed by atoms with Crippen molar-refractivity contribution in [3.05, 3.63) is 93.4 Å². The summed E-state index contributed by atoms with van der Waals surface area (Å²) in [5, 5.41) is 8.47. The molecule has 0 unspecified atom stereocenters. The second-order valence-electron chi connectivity index (χ2n) is 6.51. The Bertz CT molecular complexity index is 1220. The molecule has 0 spiro atoms. The topological polar surface area (TPSA) is 74.1 Å². The van der Waals surface area contributed by atoms with Crippen LogP contribution in [0.5, 0.6) is 0 Å². The lowest BCUT2D eigenvalue weighted by atomic mass is 10.1. The monoisotopic (exact) mass is 483 g/mol. The molecule has 0 radical (unpaired) electrons. The van der Waals surface area contributed by atoms with E-state index < -0.39 is 12.1 Å². The number of carbonyl (C=O) groups is 2. The second-order valence-corrected chi connectivity index (χ2v) is 7.83. The van der Waals surface area contributed by atoms with Crippen LogP contribution in [0.1, 0.15) is 20.7 Å². The number of hydrogen-bond acceptors (Lipinski definition) is 5. The van der Waals surface area contributed by atoms with E-state index in [9.17, 15) is 9.59 Å². The summed E-state index contributed by atoms with van der Waals surface area (Å²) in [6.45, 7) is 0.0194. The third kappa shape index (κ3) is 4.27. The van der Waals surface area contributed by atoms with Gasteiger partial charge in [0.25, 0.3) is 0 Å². The van der Waals surface area contributed by atoms with Crippen LogP contribution in [0, 0.1) is 0 Å². The van der Waals surface area contributed by atoms with Crippen LogP contribution in [0.25, 0.3) is 11.0 Å². The highest BCUT2D eigenvalue weighted by atomic mass is 79.9. The predicted molar refractivity (Wildman–Crippen MR) is 117 cm³/mol. The van der Waals surface area contributed by atoms with Gasteiger partial charge in [0.1, 0.15) is 5.52 Å². The summed E-state index contributed by atoms with van der Waals surface area (Å²) in [5.41, 5.74) is 2.03. The minimum Gasteiger partial charge on any atom is -0.448 e. The molecule has 4 aromatic rings. The highest BCUT2D eigenvalue weighted by molar-refractivity contribution is 9.10. The fourth-order valence-corrected chi connectivity index (χ4v) is 3.48. The number of rotatable bonds is 6.